The Morgan fingerprint density at radius 1 is 1.43 bits per heavy atom. The number of carbonyl (C=O) groups is 2. The number of carbonyl (C=O) groups excluding carboxylic acids is 2. The molecule has 0 spiro atoms. The van der Waals surface area contributed by atoms with Gasteiger partial charge in [-0.1, -0.05) is 23.4 Å². The molecule has 0 aliphatic heterocycles. The molecular formula is C15H17ClN2O3. The van der Waals surface area contributed by atoms with Gasteiger partial charge >= 0.3 is 0 Å². The van der Waals surface area contributed by atoms with Crippen LogP contribution in [0.15, 0.2) is 18.2 Å². The monoisotopic (exact) mass is 308 g/mol. The molecule has 0 aliphatic rings. The first kappa shape index (κ1) is 17.0. The van der Waals surface area contributed by atoms with Crippen molar-refractivity contribution in [2.24, 2.45) is 0 Å². The number of halogens is 1. The molecule has 1 rings (SSSR count). The lowest BCUT2D eigenvalue weighted by Crippen LogP contribution is -2.38. The average molecular weight is 309 g/mol. The quantitative estimate of drug-likeness (QED) is 0.812. The van der Waals surface area contributed by atoms with Crippen LogP contribution in [0.25, 0.3) is 0 Å². The fourth-order valence-electron chi connectivity index (χ4n) is 1.64. The average Bonchev–Trinajstić information content (AvgIpc) is 2.45. The second-order valence-electron chi connectivity index (χ2n) is 4.27. The molecule has 6 heteroatoms. The maximum Gasteiger partial charge on any atom is 0.254 e. The van der Waals surface area contributed by atoms with Gasteiger partial charge in [-0.3, -0.25) is 9.59 Å². The first-order valence-electron chi connectivity index (χ1n) is 6.41. The van der Waals surface area contributed by atoms with Crippen LogP contribution in [0, 0.1) is 11.8 Å². The SMILES string of the molecule is CCNC(=O)CN(C)C(=O)c1ccc(C#CCO)c(Cl)c1. The zero-order chi connectivity index (χ0) is 15.8. The smallest absolute Gasteiger partial charge is 0.254 e. The Balaban J connectivity index is 2.83. The molecule has 0 saturated heterocycles. The topological polar surface area (TPSA) is 69.6 Å². The molecule has 2 amide bonds. The van der Waals surface area contributed by atoms with E-state index in [4.69, 9.17) is 16.7 Å². The first-order valence-corrected chi connectivity index (χ1v) is 6.78. The fourth-order valence-corrected chi connectivity index (χ4v) is 1.87. The molecule has 0 aromatic heterocycles. The largest absolute Gasteiger partial charge is 0.384 e. The van der Waals surface area contributed by atoms with Crippen molar-refractivity contribution >= 4 is 23.4 Å². The number of hydrogen-bond acceptors (Lipinski definition) is 3. The molecule has 0 radical (unpaired) electrons. The van der Waals surface area contributed by atoms with Crippen LogP contribution in [0.3, 0.4) is 0 Å². The van der Waals surface area contributed by atoms with E-state index in [-0.39, 0.29) is 25.0 Å². The summed E-state index contributed by atoms with van der Waals surface area (Å²) in [5.41, 5.74) is 0.912. The number of aliphatic hydroxyl groups excluding tert-OH is 1. The summed E-state index contributed by atoms with van der Waals surface area (Å²) in [4.78, 5) is 24.9. The standard InChI is InChI=1S/C15H17ClN2O3/c1-3-17-14(20)10-18(2)15(21)12-7-6-11(5-4-8-19)13(16)9-12/h6-7,9,19H,3,8,10H2,1-2H3,(H,17,20). The number of nitrogens with one attached hydrogen (secondary N) is 1. The minimum absolute atomic E-state index is 0.0175. The lowest BCUT2D eigenvalue weighted by atomic mass is 10.1. The molecule has 0 bridgehead atoms. The molecule has 1 aromatic carbocycles. The summed E-state index contributed by atoms with van der Waals surface area (Å²) in [6, 6.07) is 4.70. The Bertz CT molecular complexity index is 590. The van der Waals surface area contributed by atoms with Crippen LogP contribution >= 0.6 is 11.6 Å². The molecule has 112 valence electrons. The highest BCUT2D eigenvalue weighted by atomic mass is 35.5. The van der Waals surface area contributed by atoms with Crippen molar-refractivity contribution in [2.75, 3.05) is 26.7 Å². The van der Waals surface area contributed by atoms with Gasteiger partial charge in [0.25, 0.3) is 5.91 Å². The summed E-state index contributed by atoms with van der Waals surface area (Å²) >= 11 is 6.04. The van der Waals surface area contributed by atoms with E-state index in [0.717, 1.165) is 0 Å². The van der Waals surface area contributed by atoms with Crippen molar-refractivity contribution < 1.29 is 14.7 Å². The predicted octanol–water partition coefficient (Wildman–Crippen LogP) is 0.892. The van der Waals surface area contributed by atoms with Gasteiger partial charge in [0.2, 0.25) is 5.91 Å². The van der Waals surface area contributed by atoms with Crippen molar-refractivity contribution in [3.05, 3.63) is 34.3 Å². The third-order valence-electron chi connectivity index (χ3n) is 2.62. The molecule has 21 heavy (non-hydrogen) atoms. The van der Waals surface area contributed by atoms with Gasteiger partial charge in [0.1, 0.15) is 6.61 Å². The zero-order valence-electron chi connectivity index (χ0n) is 11.9. The Morgan fingerprint density at radius 3 is 2.71 bits per heavy atom. The lowest BCUT2D eigenvalue weighted by Gasteiger charge is -2.16. The normalized spacial score (nSPS) is 9.52. The maximum absolute atomic E-state index is 12.2. The Kier molecular flexibility index (Phi) is 6.73. The van der Waals surface area contributed by atoms with Crippen LogP contribution in [0.4, 0.5) is 0 Å². The molecule has 0 atom stereocenters. The summed E-state index contributed by atoms with van der Waals surface area (Å²) in [6.07, 6.45) is 0. The van der Waals surface area contributed by atoms with Crippen molar-refractivity contribution in [3.63, 3.8) is 0 Å². The molecular weight excluding hydrogens is 292 g/mol. The number of aliphatic hydroxyl groups is 1. The van der Waals surface area contributed by atoms with Gasteiger partial charge in [-0.15, -0.1) is 0 Å². The highest BCUT2D eigenvalue weighted by Gasteiger charge is 2.15. The van der Waals surface area contributed by atoms with Crippen LogP contribution in [0.5, 0.6) is 0 Å². The van der Waals surface area contributed by atoms with E-state index in [1.54, 1.807) is 19.2 Å². The Hall–Kier alpha value is -2.03. The third kappa shape index (κ3) is 5.10. The number of hydrogen-bond donors (Lipinski definition) is 2. The lowest BCUT2D eigenvalue weighted by molar-refractivity contribution is -0.121. The highest BCUT2D eigenvalue weighted by Crippen LogP contribution is 2.18. The summed E-state index contributed by atoms with van der Waals surface area (Å²) < 4.78 is 0. The molecule has 0 unspecified atom stereocenters. The van der Waals surface area contributed by atoms with Gasteiger partial charge in [0.15, 0.2) is 0 Å². The molecule has 0 saturated carbocycles. The van der Waals surface area contributed by atoms with Crippen LogP contribution in [-0.4, -0.2) is 48.6 Å². The van der Waals surface area contributed by atoms with Crippen molar-refractivity contribution in [1.29, 1.82) is 0 Å². The van der Waals surface area contributed by atoms with E-state index in [0.29, 0.717) is 22.7 Å². The number of benzene rings is 1. The van der Waals surface area contributed by atoms with Crippen molar-refractivity contribution in [3.8, 4) is 11.8 Å². The van der Waals surface area contributed by atoms with Crippen LogP contribution < -0.4 is 5.32 Å². The van der Waals surface area contributed by atoms with Gasteiger partial charge < -0.3 is 15.3 Å². The van der Waals surface area contributed by atoms with Gasteiger partial charge in [-0.2, -0.15) is 0 Å². The number of nitrogens with zero attached hydrogens (tertiary/aromatic N) is 1. The van der Waals surface area contributed by atoms with Crippen LogP contribution in [-0.2, 0) is 4.79 Å². The molecule has 5 nitrogen and oxygen atoms in total. The second-order valence-corrected chi connectivity index (χ2v) is 4.68. The minimum Gasteiger partial charge on any atom is -0.384 e. The number of amides is 2. The Morgan fingerprint density at radius 2 is 2.14 bits per heavy atom. The summed E-state index contributed by atoms with van der Waals surface area (Å²) in [6.45, 7) is 2.05. The molecule has 0 fully saturated rings. The highest BCUT2D eigenvalue weighted by molar-refractivity contribution is 6.32. The second kappa shape index (κ2) is 8.30. The summed E-state index contributed by atoms with van der Waals surface area (Å²) in [5, 5.41) is 11.6. The van der Waals surface area contributed by atoms with E-state index in [2.05, 4.69) is 17.2 Å². The Labute approximate surface area is 128 Å². The van der Waals surface area contributed by atoms with E-state index < -0.39 is 0 Å². The molecule has 0 heterocycles. The molecule has 1 aromatic rings. The van der Waals surface area contributed by atoms with E-state index >= 15 is 0 Å². The van der Waals surface area contributed by atoms with Crippen LogP contribution in [0.1, 0.15) is 22.8 Å². The number of likely N-dealkylation sites (N-methyl/N-ethyl adjacent to an activating group) is 2. The third-order valence-corrected chi connectivity index (χ3v) is 2.93. The zero-order valence-corrected chi connectivity index (χ0v) is 12.7. The van der Waals surface area contributed by atoms with Crippen molar-refractivity contribution in [1.82, 2.24) is 10.2 Å². The predicted molar refractivity (Wildman–Crippen MR) is 81.1 cm³/mol. The maximum atomic E-state index is 12.2. The van der Waals surface area contributed by atoms with Gasteiger partial charge in [-0.05, 0) is 25.1 Å². The van der Waals surface area contributed by atoms with Gasteiger partial charge in [0.05, 0.1) is 11.6 Å². The molecule has 2 N–H and O–H groups in total. The minimum atomic E-state index is -0.301. The fraction of sp³-hybridized carbons (Fsp3) is 0.333. The van der Waals surface area contributed by atoms with Gasteiger partial charge in [-0.25, -0.2) is 0 Å². The van der Waals surface area contributed by atoms with E-state index in [9.17, 15) is 9.59 Å². The van der Waals surface area contributed by atoms with E-state index in [1.807, 2.05) is 6.92 Å². The summed E-state index contributed by atoms with van der Waals surface area (Å²) in [5.74, 6) is 4.66. The summed E-state index contributed by atoms with van der Waals surface area (Å²) in [7, 11) is 1.55. The molecule has 0 aliphatic carbocycles. The first-order chi connectivity index (χ1) is 9.99. The van der Waals surface area contributed by atoms with Gasteiger partial charge in [0, 0.05) is 24.7 Å². The number of rotatable bonds is 4. The van der Waals surface area contributed by atoms with Crippen molar-refractivity contribution in [2.45, 2.75) is 6.92 Å². The van der Waals surface area contributed by atoms with E-state index in [1.165, 1.54) is 11.0 Å². The van der Waals surface area contributed by atoms with Crippen LogP contribution in [0.2, 0.25) is 5.02 Å².